The number of rotatable bonds is 53. The number of esters is 1. The molecule has 0 saturated carbocycles. The van der Waals surface area contributed by atoms with Crippen molar-refractivity contribution in [2.45, 2.75) is 246 Å². The zero-order valence-electron chi connectivity index (χ0n) is 41.1. The molecule has 0 saturated heterocycles. The van der Waals surface area contributed by atoms with E-state index in [1.807, 2.05) is 0 Å². The number of hydrogen-bond donors (Lipinski definition) is 1. The largest absolute Gasteiger partial charge is 0.466 e. The van der Waals surface area contributed by atoms with Crippen LogP contribution in [0.25, 0.3) is 0 Å². The summed E-state index contributed by atoms with van der Waals surface area (Å²) in [4.78, 5) is 15.0. The van der Waals surface area contributed by atoms with Gasteiger partial charge in [0, 0.05) is 65.6 Å². The molecule has 0 bridgehead atoms. The second kappa shape index (κ2) is 51.8. The van der Waals surface area contributed by atoms with Crippen LogP contribution in [-0.4, -0.2) is 103 Å². The second-order valence-electron chi connectivity index (χ2n) is 17.3. The molecule has 2 N–H and O–H groups in total. The van der Waals surface area contributed by atoms with Crippen molar-refractivity contribution in [3.8, 4) is 0 Å². The quantitative estimate of drug-likeness (QED) is 0.0360. The summed E-state index contributed by atoms with van der Waals surface area (Å²) >= 11 is 0. The number of carbonyl (C=O) groups is 1. The Morgan fingerprint density at radius 2 is 0.770 bits per heavy atom. The number of nitrogens with zero attached hydrogens (tertiary/aromatic N) is 1. The first-order valence-electron chi connectivity index (χ1n) is 26.3. The SMILES string of the molecule is CCCCCCCCOC(CCCOCOCCCCN(CCN)CCCCOC(=O)CCC(OCCCCCCCC)OCCCCCCCC)OCCCCCCCC. The van der Waals surface area contributed by atoms with Crippen LogP contribution in [0.15, 0.2) is 0 Å². The van der Waals surface area contributed by atoms with Crippen LogP contribution in [0.2, 0.25) is 0 Å². The maximum absolute atomic E-state index is 12.6. The summed E-state index contributed by atoms with van der Waals surface area (Å²) in [7, 11) is 0. The molecule has 0 amide bonds. The summed E-state index contributed by atoms with van der Waals surface area (Å²) in [5, 5.41) is 0. The van der Waals surface area contributed by atoms with Gasteiger partial charge in [-0.25, -0.2) is 0 Å². The third-order valence-electron chi connectivity index (χ3n) is 11.3. The van der Waals surface area contributed by atoms with E-state index >= 15 is 0 Å². The molecule has 10 heteroatoms. The smallest absolute Gasteiger partial charge is 0.305 e. The summed E-state index contributed by atoms with van der Waals surface area (Å²) in [5.41, 5.74) is 5.92. The minimum atomic E-state index is -0.329. The van der Waals surface area contributed by atoms with Crippen molar-refractivity contribution in [2.24, 2.45) is 5.73 Å². The number of carbonyl (C=O) groups excluding carboxylic acids is 1. The summed E-state index contributed by atoms with van der Waals surface area (Å²) in [5.74, 6) is -0.163. The van der Waals surface area contributed by atoms with Gasteiger partial charge in [0.05, 0.1) is 13.0 Å². The average Bonchev–Trinajstić information content (AvgIpc) is 3.26. The van der Waals surface area contributed by atoms with Gasteiger partial charge in [-0.3, -0.25) is 4.79 Å². The van der Waals surface area contributed by atoms with Crippen molar-refractivity contribution in [1.82, 2.24) is 4.90 Å². The summed E-state index contributed by atoms with van der Waals surface area (Å²) in [6.07, 6.45) is 35.9. The average molecular weight is 873 g/mol. The number of hydrogen-bond acceptors (Lipinski definition) is 10. The highest BCUT2D eigenvalue weighted by Crippen LogP contribution is 2.14. The molecule has 0 unspecified atom stereocenters. The molecule has 0 aliphatic rings. The fourth-order valence-corrected chi connectivity index (χ4v) is 7.34. The Kier molecular flexibility index (Phi) is 51.1. The Balaban J connectivity index is 4.18. The van der Waals surface area contributed by atoms with Gasteiger partial charge in [-0.2, -0.15) is 0 Å². The molecule has 0 aromatic carbocycles. The Hall–Kier alpha value is -0.850. The van der Waals surface area contributed by atoms with Gasteiger partial charge in [0.1, 0.15) is 6.79 Å². The van der Waals surface area contributed by atoms with Gasteiger partial charge >= 0.3 is 5.97 Å². The van der Waals surface area contributed by atoms with Crippen molar-refractivity contribution >= 4 is 5.97 Å². The Morgan fingerprint density at radius 3 is 1.20 bits per heavy atom. The van der Waals surface area contributed by atoms with Gasteiger partial charge in [-0.05, 0) is 70.9 Å². The van der Waals surface area contributed by atoms with E-state index in [0.717, 1.165) is 97.1 Å². The molecular formula is C51H104N2O8. The lowest BCUT2D eigenvalue weighted by molar-refractivity contribution is -0.159. The van der Waals surface area contributed by atoms with Gasteiger partial charge in [0.25, 0.3) is 0 Å². The van der Waals surface area contributed by atoms with E-state index < -0.39 is 0 Å². The lowest BCUT2D eigenvalue weighted by Crippen LogP contribution is -2.31. The van der Waals surface area contributed by atoms with E-state index in [0.29, 0.717) is 59.2 Å². The predicted octanol–water partition coefficient (Wildman–Crippen LogP) is 13.1. The first-order chi connectivity index (χ1) is 30.1. The molecule has 366 valence electrons. The third-order valence-corrected chi connectivity index (χ3v) is 11.3. The number of nitrogens with two attached hydrogens (primary N) is 1. The van der Waals surface area contributed by atoms with E-state index in [-0.39, 0.29) is 18.5 Å². The lowest BCUT2D eigenvalue weighted by atomic mass is 10.1. The second-order valence-corrected chi connectivity index (χ2v) is 17.3. The number of ether oxygens (including phenoxy) is 7. The topological polar surface area (TPSA) is 111 Å². The highest BCUT2D eigenvalue weighted by atomic mass is 16.7. The van der Waals surface area contributed by atoms with E-state index in [2.05, 4.69) is 32.6 Å². The molecule has 0 aliphatic carbocycles. The molecule has 0 atom stereocenters. The van der Waals surface area contributed by atoms with E-state index in [4.69, 9.17) is 38.9 Å². The molecule has 0 aromatic heterocycles. The third kappa shape index (κ3) is 46.9. The standard InChI is InChI=1S/C51H104N2O8/c1-5-9-13-17-21-27-44-58-50(59-45-28-22-18-14-10-6-2)34-33-42-56-48-55-41-31-25-38-53(40-37-52)39-26-32-43-57-49(54)35-36-51(60-46-29-23-19-15-11-7-3)61-47-30-24-20-16-12-8-4/h50-51H,5-48,52H2,1-4H3. The monoisotopic (exact) mass is 873 g/mol. The summed E-state index contributed by atoms with van der Waals surface area (Å²) < 4.78 is 41.7. The highest BCUT2D eigenvalue weighted by Gasteiger charge is 2.14. The van der Waals surface area contributed by atoms with Crippen LogP contribution in [0, 0.1) is 0 Å². The van der Waals surface area contributed by atoms with Crippen molar-refractivity contribution in [1.29, 1.82) is 0 Å². The zero-order valence-corrected chi connectivity index (χ0v) is 41.1. The van der Waals surface area contributed by atoms with Crippen molar-refractivity contribution in [3.63, 3.8) is 0 Å². The molecule has 0 spiro atoms. The molecule has 0 rings (SSSR count). The van der Waals surface area contributed by atoms with Crippen molar-refractivity contribution < 1.29 is 38.0 Å². The normalized spacial score (nSPS) is 11.9. The fourth-order valence-electron chi connectivity index (χ4n) is 7.34. The Labute approximate surface area is 378 Å². The fraction of sp³-hybridized carbons (Fsp3) is 0.980. The molecule has 0 heterocycles. The highest BCUT2D eigenvalue weighted by molar-refractivity contribution is 5.69. The predicted molar refractivity (Wildman–Crippen MR) is 255 cm³/mol. The first-order valence-corrected chi connectivity index (χ1v) is 26.3. The van der Waals surface area contributed by atoms with Gasteiger partial charge < -0.3 is 43.8 Å². The minimum absolute atomic E-state index is 0.134. The van der Waals surface area contributed by atoms with Gasteiger partial charge in [0.2, 0.25) is 0 Å². The van der Waals surface area contributed by atoms with Crippen LogP contribution in [-0.2, 0) is 38.0 Å². The molecule has 0 aromatic rings. The lowest BCUT2D eigenvalue weighted by Gasteiger charge is -2.21. The van der Waals surface area contributed by atoms with Crippen LogP contribution in [0.5, 0.6) is 0 Å². The Morgan fingerprint density at radius 1 is 0.410 bits per heavy atom. The summed E-state index contributed by atoms with van der Waals surface area (Å²) in [6, 6.07) is 0. The molecule has 61 heavy (non-hydrogen) atoms. The number of unbranched alkanes of at least 4 members (excludes halogenated alkanes) is 22. The first kappa shape index (κ1) is 60.2. The molecule has 0 radical (unpaired) electrons. The van der Waals surface area contributed by atoms with Gasteiger partial charge in [0.15, 0.2) is 12.6 Å². The van der Waals surface area contributed by atoms with Crippen LogP contribution in [0.3, 0.4) is 0 Å². The van der Waals surface area contributed by atoms with E-state index in [1.54, 1.807) is 0 Å². The molecule has 0 fully saturated rings. The van der Waals surface area contributed by atoms with Crippen LogP contribution in [0.4, 0.5) is 0 Å². The van der Waals surface area contributed by atoms with Gasteiger partial charge in [-0.1, -0.05) is 156 Å². The Bertz CT molecular complexity index is 804. The maximum atomic E-state index is 12.6. The van der Waals surface area contributed by atoms with E-state index in [9.17, 15) is 4.79 Å². The zero-order chi connectivity index (χ0) is 44.4. The molecule has 0 aliphatic heterocycles. The van der Waals surface area contributed by atoms with Crippen LogP contribution < -0.4 is 5.73 Å². The van der Waals surface area contributed by atoms with Crippen LogP contribution in [0.1, 0.15) is 233 Å². The van der Waals surface area contributed by atoms with E-state index in [1.165, 1.54) is 128 Å². The summed E-state index contributed by atoms with van der Waals surface area (Å²) in [6.45, 7) is 17.5. The molecule has 10 nitrogen and oxygen atoms in total. The van der Waals surface area contributed by atoms with Crippen molar-refractivity contribution in [3.05, 3.63) is 0 Å². The van der Waals surface area contributed by atoms with Crippen molar-refractivity contribution in [2.75, 3.05) is 79.2 Å². The molecular weight excluding hydrogens is 769 g/mol. The minimum Gasteiger partial charge on any atom is -0.466 e. The van der Waals surface area contributed by atoms with Gasteiger partial charge in [-0.15, -0.1) is 0 Å². The maximum Gasteiger partial charge on any atom is 0.305 e. The van der Waals surface area contributed by atoms with Crippen LogP contribution >= 0.6 is 0 Å².